The molecule has 0 bridgehead atoms. The summed E-state index contributed by atoms with van der Waals surface area (Å²) in [6.07, 6.45) is 1.01. The summed E-state index contributed by atoms with van der Waals surface area (Å²) in [5.74, 6) is 0. The SMILES string of the molecule is CCCOC(C)(C)c1cccc(B2OC(C)(C)C(C)(C)O2)c1. The second-order valence-corrected chi connectivity index (χ2v) is 7.57. The molecule has 2 rings (SSSR count). The van der Waals surface area contributed by atoms with E-state index in [4.69, 9.17) is 14.0 Å². The van der Waals surface area contributed by atoms with Gasteiger partial charge in [-0.05, 0) is 59.0 Å². The zero-order valence-electron chi connectivity index (χ0n) is 15.0. The third-order valence-corrected chi connectivity index (χ3v) is 4.77. The van der Waals surface area contributed by atoms with Crippen LogP contribution in [0.3, 0.4) is 0 Å². The molecule has 0 spiro atoms. The van der Waals surface area contributed by atoms with Crippen LogP contribution in [0.4, 0.5) is 0 Å². The third kappa shape index (κ3) is 3.39. The van der Waals surface area contributed by atoms with E-state index >= 15 is 0 Å². The molecule has 122 valence electrons. The van der Waals surface area contributed by atoms with E-state index in [1.165, 1.54) is 0 Å². The first-order chi connectivity index (χ1) is 10.1. The van der Waals surface area contributed by atoms with Gasteiger partial charge in [-0.3, -0.25) is 0 Å². The second-order valence-electron chi connectivity index (χ2n) is 7.57. The van der Waals surface area contributed by atoms with Crippen molar-refractivity contribution >= 4 is 12.6 Å². The third-order valence-electron chi connectivity index (χ3n) is 4.77. The Kier molecular flexibility index (Phi) is 4.77. The molecule has 0 radical (unpaired) electrons. The van der Waals surface area contributed by atoms with Crippen molar-refractivity contribution in [3.63, 3.8) is 0 Å². The monoisotopic (exact) mass is 304 g/mol. The van der Waals surface area contributed by atoms with Crippen LogP contribution in [0.15, 0.2) is 24.3 Å². The molecule has 1 saturated heterocycles. The van der Waals surface area contributed by atoms with Crippen molar-refractivity contribution in [2.24, 2.45) is 0 Å². The van der Waals surface area contributed by atoms with Crippen LogP contribution in [0.1, 0.15) is 60.5 Å². The zero-order chi connectivity index (χ0) is 16.6. The summed E-state index contributed by atoms with van der Waals surface area (Å²) in [6, 6.07) is 8.34. The largest absolute Gasteiger partial charge is 0.494 e. The van der Waals surface area contributed by atoms with Crippen molar-refractivity contribution < 1.29 is 14.0 Å². The van der Waals surface area contributed by atoms with Crippen LogP contribution < -0.4 is 5.46 Å². The summed E-state index contributed by atoms with van der Waals surface area (Å²) in [6.45, 7) is 15.4. The summed E-state index contributed by atoms with van der Waals surface area (Å²) in [5.41, 5.74) is 1.25. The van der Waals surface area contributed by atoms with Gasteiger partial charge in [-0.2, -0.15) is 0 Å². The number of ether oxygens (including phenoxy) is 1. The van der Waals surface area contributed by atoms with Crippen LogP contribution in [-0.2, 0) is 19.6 Å². The van der Waals surface area contributed by atoms with Gasteiger partial charge in [0.05, 0.1) is 16.8 Å². The van der Waals surface area contributed by atoms with Gasteiger partial charge in [0.15, 0.2) is 0 Å². The minimum absolute atomic E-state index is 0.310. The molecule has 0 atom stereocenters. The summed E-state index contributed by atoms with van der Waals surface area (Å²) in [5, 5.41) is 0. The topological polar surface area (TPSA) is 27.7 Å². The molecule has 1 heterocycles. The van der Waals surface area contributed by atoms with Gasteiger partial charge in [0, 0.05) is 6.61 Å². The molecule has 22 heavy (non-hydrogen) atoms. The highest BCUT2D eigenvalue weighted by Crippen LogP contribution is 2.36. The summed E-state index contributed by atoms with van der Waals surface area (Å²) in [7, 11) is -0.327. The van der Waals surface area contributed by atoms with E-state index in [1.807, 2.05) is 6.07 Å². The number of rotatable bonds is 5. The lowest BCUT2D eigenvalue weighted by molar-refractivity contribution is -0.0212. The van der Waals surface area contributed by atoms with Crippen molar-refractivity contribution in [1.82, 2.24) is 0 Å². The maximum absolute atomic E-state index is 6.14. The molecule has 0 aliphatic carbocycles. The standard InChI is InChI=1S/C18H29BO3/c1-8-12-20-16(2,3)14-10-9-11-15(13-14)19-21-17(4,5)18(6,7)22-19/h9-11,13H,8,12H2,1-7H3. The van der Waals surface area contributed by atoms with Gasteiger partial charge >= 0.3 is 7.12 Å². The van der Waals surface area contributed by atoms with Crippen molar-refractivity contribution in [2.45, 2.75) is 71.7 Å². The minimum Gasteiger partial charge on any atom is -0.399 e. The fourth-order valence-electron chi connectivity index (χ4n) is 2.48. The molecule has 0 aromatic heterocycles. The lowest BCUT2D eigenvalue weighted by Crippen LogP contribution is -2.41. The highest BCUT2D eigenvalue weighted by molar-refractivity contribution is 6.62. The molecule has 0 amide bonds. The lowest BCUT2D eigenvalue weighted by Gasteiger charge is -2.32. The van der Waals surface area contributed by atoms with Gasteiger partial charge in [-0.15, -0.1) is 0 Å². The average Bonchev–Trinajstić information content (AvgIpc) is 2.65. The molecule has 0 saturated carbocycles. The van der Waals surface area contributed by atoms with Crippen LogP contribution in [0.2, 0.25) is 0 Å². The van der Waals surface area contributed by atoms with E-state index < -0.39 is 0 Å². The molecular weight excluding hydrogens is 275 g/mol. The van der Waals surface area contributed by atoms with Gasteiger partial charge in [0.25, 0.3) is 0 Å². The second kappa shape index (κ2) is 5.99. The highest BCUT2D eigenvalue weighted by atomic mass is 16.7. The fourth-order valence-corrected chi connectivity index (χ4v) is 2.48. The van der Waals surface area contributed by atoms with Crippen LogP contribution >= 0.6 is 0 Å². The van der Waals surface area contributed by atoms with Crippen LogP contribution in [-0.4, -0.2) is 24.9 Å². The predicted octanol–water partition coefficient (Wildman–Crippen LogP) is 3.65. The normalized spacial score (nSPS) is 20.4. The van der Waals surface area contributed by atoms with E-state index in [0.717, 1.165) is 24.1 Å². The summed E-state index contributed by atoms with van der Waals surface area (Å²) < 4.78 is 18.3. The first kappa shape index (κ1) is 17.5. The van der Waals surface area contributed by atoms with Gasteiger partial charge in [-0.1, -0.05) is 31.2 Å². The Morgan fingerprint density at radius 1 is 1.09 bits per heavy atom. The molecule has 0 unspecified atom stereocenters. The maximum Gasteiger partial charge on any atom is 0.494 e. The Hall–Kier alpha value is -0.835. The van der Waals surface area contributed by atoms with E-state index in [9.17, 15) is 0 Å². The molecule has 1 fully saturated rings. The van der Waals surface area contributed by atoms with E-state index in [-0.39, 0.29) is 23.9 Å². The van der Waals surface area contributed by atoms with E-state index in [1.54, 1.807) is 0 Å². The Balaban J connectivity index is 2.23. The summed E-state index contributed by atoms with van der Waals surface area (Å²) >= 11 is 0. The first-order valence-electron chi connectivity index (χ1n) is 8.19. The fraction of sp³-hybridized carbons (Fsp3) is 0.667. The molecule has 0 N–H and O–H groups in total. The smallest absolute Gasteiger partial charge is 0.399 e. The highest BCUT2D eigenvalue weighted by Gasteiger charge is 2.51. The molecule has 1 aliphatic heterocycles. The number of hydrogen-bond donors (Lipinski definition) is 0. The van der Waals surface area contributed by atoms with Crippen molar-refractivity contribution in [3.8, 4) is 0 Å². The van der Waals surface area contributed by atoms with Gasteiger partial charge < -0.3 is 14.0 Å². The molecular formula is C18H29BO3. The van der Waals surface area contributed by atoms with E-state index in [0.29, 0.717) is 0 Å². The molecule has 1 aromatic rings. The van der Waals surface area contributed by atoms with Crippen LogP contribution in [0, 0.1) is 0 Å². The quantitative estimate of drug-likeness (QED) is 0.777. The lowest BCUT2D eigenvalue weighted by atomic mass is 9.77. The zero-order valence-corrected chi connectivity index (χ0v) is 15.0. The number of benzene rings is 1. The summed E-state index contributed by atoms with van der Waals surface area (Å²) in [4.78, 5) is 0. The molecule has 4 heteroatoms. The first-order valence-corrected chi connectivity index (χ1v) is 8.19. The van der Waals surface area contributed by atoms with Crippen molar-refractivity contribution in [1.29, 1.82) is 0 Å². The minimum atomic E-state index is -0.327. The van der Waals surface area contributed by atoms with Crippen LogP contribution in [0.5, 0.6) is 0 Å². The van der Waals surface area contributed by atoms with Crippen molar-refractivity contribution in [3.05, 3.63) is 29.8 Å². The van der Waals surface area contributed by atoms with Crippen LogP contribution in [0.25, 0.3) is 0 Å². The molecule has 1 aromatic carbocycles. The Morgan fingerprint density at radius 2 is 1.68 bits per heavy atom. The van der Waals surface area contributed by atoms with Gasteiger partial charge in [-0.25, -0.2) is 0 Å². The number of hydrogen-bond acceptors (Lipinski definition) is 3. The predicted molar refractivity (Wildman–Crippen MR) is 91.4 cm³/mol. The van der Waals surface area contributed by atoms with E-state index in [2.05, 4.69) is 66.7 Å². The Morgan fingerprint density at radius 3 is 2.23 bits per heavy atom. The Bertz CT molecular complexity index is 507. The maximum atomic E-state index is 6.14. The molecule has 1 aliphatic rings. The van der Waals surface area contributed by atoms with Gasteiger partial charge in [0.2, 0.25) is 0 Å². The Labute approximate surface area is 135 Å². The van der Waals surface area contributed by atoms with Crippen molar-refractivity contribution in [2.75, 3.05) is 6.61 Å². The average molecular weight is 304 g/mol. The molecule has 3 nitrogen and oxygen atoms in total. The van der Waals surface area contributed by atoms with Gasteiger partial charge in [0.1, 0.15) is 0 Å².